The first kappa shape index (κ1) is 36.0. The number of hydrogen-bond acceptors (Lipinski definition) is 8. The topological polar surface area (TPSA) is 124 Å². The highest BCUT2D eigenvalue weighted by Gasteiger charge is 2.37. The molecule has 47 heavy (non-hydrogen) atoms. The number of likely N-dealkylation sites (tertiary alicyclic amines) is 2. The lowest BCUT2D eigenvalue weighted by Gasteiger charge is -2.45. The molecule has 0 spiro atoms. The van der Waals surface area contributed by atoms with E-state index in [0.29, 0.717) is 75.7 Å². The number of nitrogens with two attached hydrogens (primary N) is 1. The van der Waals surface area contributed by atoms with Crippen molar-refractivity contribution in [3.8, 4) is 17.2 Å². The van der Waals surface area contributed by atoms with E-state index in [1.807, 2.05) is 47.9 Å². The van der Waals surface area contributed by atoms with Crippen molar-refractivity contribution in [3.05, 3.63) is 53.6 Å². The van der Waals surface area contributed by atoms with E-state index in [-0.39, 0.29) is 41.8 Å². The molecule has 2 heterocycles. The number of amides is 3. The van der Waals surface area contributed by atoms with Gasteiger partial charge in [0.2, 0.25) is 11.8 Å². The van der Waals surface area contributed by atoms with Gasteiger partial charge in [0.25, 0.3) is 5.91 Å². The molecule has 11 heteroatoms. The first-order chi connectivity index (χ1) is 22.6. The molecule has 2 aromatic rings. The minimum Gasteiger partial charge on any atom is -0.497 e. The first-order valence-corrected chi connectivity index (χ1v) is 16.7. The highest BCUT2D eigenvalue weighted by atomic mass is 16.5. The lowest BCUT2D eigenvalue weighted by atomic mass is 9.91. The zero-order chi connectivity index (χ0) is 33.9. The van der Waals surface area contributed by atoms with Gasteiger partial charge in [-0.15, -0.1) is 0 Å². The van der Waals surface area contributed by atoms with E-state index in [2.05, 4.69) is 4.90 Å². The first-order valence-electron chi connectivity index (χ1n) is 16.7. The Bertz CT molecular complexity index is 1330. The highest BCUT2D eigenvalue weighted by Crippen LogP contribution is 2.32. The van der Waals surface area contributed by atoms with E-state index in [0.717, 1.165) is 30.6 Å². The van der Waals surface area contributed by atoms with Crippen LogP contribution in [0.1, 0.15) is 68.3 Å². The molecule has 2 atom stereocenters. The summed E-state index contributed by atoms with van der Waals surface area (Å²) in [5.74, 6) is 1.48. The van der Waals surface area contributed by atoms with Crippen LogP contribution in [0, 0.1) is 5.92 Å². The lowest BCUT2D eigenvalue weighted by Crippen LogP contribution is -2.56. The third kappa shape index (κ3) is 9.60. The molecule has 0 unspecified atom stereocenters. The summed E-state index contributed by atoms with van der Waals surface area (Å²) < 4.78 is 22.0. The van der Waals surface area contributed by atoms with Crippen molar-refractivity contribution in [1.82, 2.24) is 14.7 Å². The van der Waals surface area contributed by atoms with E-state index in [1.165, 1.54) is 0 Å². The van der Waals surface area contributed by atoms with Gasteiger partial charge in [0.15, 0.2) is 11.5 Å². The quantitative estimate of drug-likeness (QED) is 0.285. The van der Waals surface area contributed by atoms with Crippen LogP contribution in [-0.2, 0) is 20.9 Å². The molecule has 11 nitrogen and oxygen atoms in total. The SMILES string of the molecule is COCCCOc1cc(C(=O)N(C(C)C)[C@@H]2CC[C@@H](CC(=O)N3CCC(C(N)=O)CC3)N(Cc3ccc(OC)cc3)C2)ccc1OC. The standard InChI is InChI=1S/C36H52N4O7/c1-25(2)40(36(43)28-9-14-32(46-5)33(21-28)47-20-6-19-44-3)30-11-10-29(22-34(41)38-17-15-27(16-18-38)35(37)42)39(24-30)23-26-7-12-31(45-4)13-8-26/h7-9,12-14,21,25,27,29-30H,6,10-11,15-20,22-24H2,1-5H3,(H2,37,42)/t29-,30+/m0/s1. The summed E-state index contributed by atoms with van der Waals surface area (Å²) in [6, 6.07) is 13.3. The second-order valence-electron chi connectivity index (χ2n) is 12.8. The number of nitrogens with zero attached hydrogens (tertiary/aromatic N) is 3. The van der Waals surface area contributed by atoms with Crippen LogP contribution in [-0.4, -0.2) is 105 Å². The van der Waals surface area contributed by atoms with E-state index in [4.69, 9.17) is 24.7 Å². The maximum absolute atomic E-state index is 14.2. The summed E-state index contributed by atoms with van der Waals surface area (Å²) in [6.45, 7) is 7.49. The van der Waals surface area contributed by atoms with Gasteiger partial charge in [0, 0.05) is 82.3 Å². The smallest absolute Gasteiger partial charge is 0.254 e. The van der Waals surface area contributed by atoms with Crippen molar-refractivity contribution in [2.24, 2.45) is 11.7 Å². The Kier molecular flexibility index (Phi) is 13.3. The maximum Gasteiger partial charge on any atom is 0.254 e. The molecule has 3 amide bonds. The van der Waals surface area contributed by atoms with E-state index in [9.17, 15) is 14.4 Å². The van der Waals surface area contributed by atoms with Crippen LogP contribution in [0.15, 0.2) is 42.5 Å². The second kappa shape index (κ2) is 17.4. The summed E-state index contributed by atoms with van der Waals surface area (Å²) in [5.41, 5.74) is 7.17. The van der Waals surface area contributed by atoms with Gasteiger partial charge >= 0.3 is 0 Å². The number of carbonyl (C=O) groups excluding carboxylic acids is 3. The Hall–Kier alpha value is -3.83. The minimum absolute atomic E-state index is 0.0203. The number of hydrogen-bond donors (Lipinski definition) is 1. The lowest BCUT2D eigenvalue weighted by molar-refractivity contribution is -0.136. The van der Waals surface area contributed by atoms with Gasteiger partial charge in [-0.2, -0.15) is 0 Å². The maximum atomic E-state index is 14.2. The Morgan fingerprint density at radius 2 is 1.64 bits per heavy atom. The molecule has 2 saturated heterocycles. The van der Waals surface area contributed by atoms with Gasteiger partial charge in [0.1, 0.15) is 5.75 Å². The van der Waals surface area contributed by atoms with Crippen molar-refractivity contribution in [2.45, 2.75) is 77.0 Å². The fourth-order valence-electron chi connectivity index (χ4n) is 6.72. The van der Waals surface area contributed by atoms with Crippen LogP contribution < -0.4 is 19.9 Å². The minimum atomic E-state index is -0.286. The molecular formula is C36H52N4O7. The number of ether oxygens (including phenoxy) is 4. The molecule has 2 aromatic carbocycles. The van der Waals surface area contributed by atoms with Gasteiger partial charge in [-0.1, -0.05) is 12.1 Å². The van der Waals surface area contributed by atoms with Gasteiger partial charge in [-0.25, -0.2) is 0 Å². The molecule has 258 valence electrons. The van der Waals surface area contributed by atoms with Crippen molar-refractivity contribution < 1.29 is 33.3 Å². The van der Waals surface area contributed by atoms with Gasteiger partial charge in [0.05, 0.1) is 20.8 Å². The van der Waals surface area contributed by atoms with Crippen LogP contribution in [0.3, 0.4) is 0 Å². The largest absolute Gasteiger partial charge is 0.497 e. The van der Waals surface area contributed by atoms with Crippen LogP contribution >= 0.6 is 0 Å². The van der Waals surface area contributed by atoms with Crippen LogP contribution in [0.5, 0.6) is 17.2 Å². The number of piperidine rings is 2. The fourth-order valence-corrected chi connectivity index (χ4v) is 6.72. The van der Waals surface area contributed by atoms with Crippen molar-refractivity contribution in [2.75, 3.05) is 54.2 Å². The predicted molar refractivity (Wildman–Crippen MR) is 180 cm³/mol. The molecule has 0 bridgehead atoms. The number of methoxy groups -OCH3 is 3. The number of rotatable bonds is 15. The average Bonchev–Trinajstić information content (AvgIpc) is 3.07. The predicted octanol–water partition coefficient (Wildman–Crippen LogP) is 4.12. The second-order valence-corrected chi connectivity index (χ2v) is 12.8. The Morgan fingerprint density at radius 3 is 2.26 bits per heavy atom. The number of carbonyl (C=O) groups is 3. The Morgan fingerprint density at radius 1 is 0.915 bits per heavy atom. The normalized spacial score (nSPS) is 19.0. The summed E-state index contributed by atoms with van der Waals surface area (Å²) in [4.78, 5) is 45.5. The summed E-state index contributed by atoms with van der Waals surface area (Å²) >= 11 is 0. The Labute approximate surface area is 279 Å². The van der Waals surface area contributed by atoms with Gasteiger partial charge in [-0.05, 0) is 75.4 Å². The average molecular weight is 653 g/mol. The summed E-state index contributed by atoms with van der Waals surface area (Å²) in [6.07, 6.45) is 3.89. The molecule has 2 aliphatic heterocycles. The summed E-state index contributed by atoms with van der Waals surface area (Å²) in [7, 11) is 4.89. The third-order valence-electron chi connectivity index (χ3n) is 9.34. The van der Waals surface area contributed by atoms with Crippen LogP contribution in [0.25, 0.3) is 0 Å². The van der Waals surface area contributed by atoms with Crippen LogP contribution in [0.2, 0.25) is 0 Å². The molecule has 0 radical (unpaired) electrons. The molecule has 0 aliphatic carbocycles. The zero-order valence-corrected chi connectivity index (χ0v) is 28.6. The fraction of sp³-hybridized carbons (Fsp3) is 0.583. The van der Waals surface area contributed by atoms with Crippen LogP contribution in [0.4, 0.5) is 0 Å². The molecule has 4 rings (SSSR count). The summed E-state index contributed by atoms with van der Waals surface area (Å²) in [5, 5.41) is 0. The van der Waals surface area contributed by atoms with Crippen molar-refractivity contribution in [3.63, 3.8) is 0 Å². The molecule has 2 aliphatic rings. The van der Waals surface area contributed by atoms with E-state index >= 15 is 0 Å². The molecule has 2 N–H and O–H groups in total. The molecule has 2 fully saturated rings. The molecule has 0 aromatic heterocycles. The van der Waals surface area contributed by atoms with Gasteiger partial charge in [-0.3, -0.25) is 19.3 Å². The number of primary amides is 1. The molecular weight excluding hydrogens is 600 g/mol. The highest BCUT2D eigenvalue weighted by molar-refractivity contribution is 5.95. The van der Waals surface area contributed by atoms with Crippen molar-refractivity contribution in [1.29, 1.82) is 0 Å². The Balaban J connectivity index is 1.52. The third-order valence-corrected chi connectivity index (χ3v) is 9.34. The van der Waals surface area contributed by atoms with E-state index < -0.39 is 0 Å². The van der Waals surface area contributed by atoms with E-state index in [1.54, 1.807) is 39.5 Å². The number of benzene rings is 2. The molecule has 0 saturated carbocycles. The zero-order valence-electron chi connectivity index (χ0n) is 28.6. The van der Waals surface area contributed by atoms with Crippen molar-refractivity contribution >= 4 is 17.7 Å². The monoisotopic (exact) mass is 652 g/mol. The van der Waals surface area contributed by atoms with Gasteiger partial charge < -0.3 is 34.5 Å².